The standard InChI is InChI=1S/C21H18N4O6S/c1-32(30,31)19-11-16(10-18(12-19)25(28)29)20(26)23-13-14-3-2-4-17(9-14)24-21(27)15-5-7-22-8-6-15/h2-12H,13H2,1H3,(H,23,26)(H,24,27). The highest BCUT2D eigenvalue weighted by molar-refractivity contribution is 7.90. The van der Waals surface area contributed by atoms with Gasteiger partial charge in [0.25, 0.3) is 17.5 Å². The molecule has 3 rings (SSSR count). The minimum atomic E-state index is -3.75. The van der Waals surface area contributed by atoms with Crippen molar-refractivity contribution in [2.24, 2.45) is 0 Å². The van der Waals surface area contributed by atoms with Crippen LogP contribution in [0.3, 0.4) is 0 Å². The molecule has 2 amide bonds. The van der Waals surface area contributed by atoms with Crippen LogP contribution in [0.2, 0.25) is 0 Å². The van der Waals surface area contributed by atoms with Gasteiger partial charge in [0.1, 0.15) is 0 Å². The molecule has 0 aliphatic heterocycles. The third kappa shape index (κ3) is 5.73. The van der Waals surface area contributed by atoms with Gasteiger partial charge in [-0.2, -0.15) is 0 Å². The number of nitrogens with one attached hydrogen (secondary N) is 2. The Balaban J connectivity index is 1.73. The van der Waals surface area contributed by atoms with Crippen LogP contribution in [0.1, 0.15) is 26.3 Å². The quantitative estimate of drug-likeness (QED) is 0.412. The summed E-state index contributed by atoms with van der Waals surface area (Å²) in [4.78, 5) is 38.7. The van der Waals surface area contributed by atoms with Crippen LogP contribution in [0.15, 0.2) is 71.9 Å². The first-order chi connectivity index (χ1) is 15.1. The van der Waals surface area contributed by atoms with Gasteiger partial charge >= 0.3 is 0 Å². The summed E-state index contributed by atoms with van der Waals surface area (Å²) >= 11 is 0. The molecule has 1 aromatic heterocycles. The molecular formula is C21H18N4O6S. The molecule has 0 spiro atoms. The van der Waals surface area contributed by atoms with Gasteiger partial charge in [-0.1, -0.05) is 12.1 Å². The molecule has 0 aliphatic rings. The van der Waals surface area contributed by atoms with E-state index >= 15 is 0 Å². The fraction of sp³-hybridized carbons (Fsp3) is 0.0952. The molecule has 0 saturated heterocycles. The second kappa shape index (κ2) is 9.35. The Labute approximate surface area is 183 Å². The van der Waals surface area contributed by atoms with Gasteiger partial charge in [-0.3, -0.25) is 24.7 Å². The highest BCUT2D eigenvalue weighted by Crippen LogP contribution is 2.21. The number of anilines is 1. The maximum absolute atomic E-state index is 12.5. The van der Waals surface area contributed by atoms with Crippen molar-refractivity contribution < 1.29 is 22.9 Å². The number of amides is 2. The lowest BCUT2D eigenvalue weighted by atomic mass is 10.1. The number of carbonyl (C=O) groups is 2. The molecular weight excluding hydrogens is 436 g/mol. The normalized spacial score (nSPS) is 10.9. The maximum atomic E-state index is 12.5. The number of nitrogens with zero attached hydrogens (tertiary/aromatic N) is 2. The molecule has 0 atom stereocenters. The summed E-state index contributed by atoms with van der Waals surface area (Å²) in [5, 5.41) is 16.4. The Kier molecular flexibility index (Phi) is 6.59. The van der Waals surface area contributed by atoms with Crippen LogP contribution in [0, 0.1) is 10.1 Å². The number of aromatic nitrogens is 1. The van der Waals surface area contributed by atoms with Crippen molar-refractivity contribution in [3.63, 3.8) is 0 Å². The molecule has 2 aromatic carbocycles. The molecule has 0 bridgehead atoms. The number of hydrogen-bond donors (Lipinski definition) is 2. The first-order valence-corrected chi connectivity index (χ1v) is 11.1. The number of carbonyl (C=O) groups excluding carboxylic acids is 2. The molecule has 0 radical (unpaired) electrons. The molecule has 11 heteroatoms. The minimum Gasteiger partial charge on any atom is -0.348 e. The maximum Gasteiger partial charge on any atom is 0.271 e. The van der Waals surface area contributed by atoms with Crippen LogP contribution < -0.4 is 10.6 Å². The zero-order chi connectivity index (χ0) is 23.3. The van der Waals surface area contributed by atoms with Crippen LogP contribution in [0.4, 0.5) is 11.4 Å². The summed E-state index contributed by atoms with van der Waals surface area (Å²) in [6, 6.07) is 12.9. The number of pyridine rings is 1. The van der Waals surface area contributed by atoms with Crippen LogP contribution in [-0.4, -0.2) is 36.4 Å². The highest BCUT2D eigenvalue weighted by atomic mass is 32.2. The van der Waals surface area contributed by atoms with E-state index in [1.807, 2.05) is 0 Å². The van der Waals surface area contributed by atoms with Crippen molar-refractivity contribution in [2.45, 2.75) is 11.4 Å². The van der Waals surface area contributed by atoms with Crippen LogP contribution in [0.5, 0.6) is 0 Å². The number of hydrogen-bond acceptors (Lipinski definition) is 7. The largest absolute Gasteiger partial charge is 0.348 e. The lowest BCUT2D eigenvalue weighted by Crippen LogP contribution is -2.23. The van der Waals surface area contributed by atoms with Gasteiger partial charge in [0, 0.05) is 54.1 Å². The molecule has 10 nitrogen and oxygen atoms in total. The molecule has 1 heterocycles. The van der Waals surface area contributed by atoms with E-state index in [0.717, 1.165) is 24.5 Å². The molecule has 32 heavy (non-hydrogen) atoms. The van der Waals surface area contributed by atoms with Crippen LogP contribution >= 0.6 is 0 Å². The number of non-ortho nitro benzene ring substituents is 1. The van der Waals surface area contributed by atoms with Gasteiger partial charge in [0.2, 0.25) is 0 Å². The number of rotatable bonds is 7. The number of benzene rings is 2. The topological polar surface area (TPSA) is 148 Å². The zero-order valence-electron chi connectivity index (χ0n) is 16.8. The van der Waals surface area contributed by atoms with Crippen LogP contribution in [0.25, 0.3) is 0 Å². The molecule has 0 unspecified atom stereocenters. The molecule has 0 aliphatic carbocycles. The summed E-state index contributed by atoms with van der Waals surface area (Å²) in [7, 11) is -3.75. The number of nitro groups is 1. The van der Waals surface area contributed by atoms with Crippen molar-refractivity contribution in [1.82, 2.24) is 10.3 Å². The Hall–Kier alpha value is -4.12. The third-order valence-corrected chi connectivity index (χ3v) is 5.46. The Morgan fingerprint density at radius 1 is 1.00 bits per heavy atom. The van der Waals surface area contributed by atoms with Gasteiger partial charge in [-0.15, -0.1) is 0 Å². The van der Waals surface area contributed by atoms with Gasteiger partial charge in [-0.05, 0) is 35.9 Å². The van der Waals surface area contributed by atoms with E-state index in [0.29, 0.717) is 16.8 Å². The van der Waals surface area contributed by atoms with Crippen molar-refractivity contribution >= 4 is 33.0 Å². The second-order valence-corrected chi connectivity index (χ2v) is 8.83. The lowest BCUT2D eigenvalue weighted by Gasteiger charge is -2.09. The van der Waals surface area contributed by atoms with E-state index < -0.39 is 26.4 Å². The van der Waals surface area contributed by atoms with Crippen molar-refractivity contribution in [2.75, 3.05) is 11.6 Å². The highest BCUT2D eigenvalue weighted by Gasteiger charge is 2.19. The third-order valence-electron chi connectivity index (χ3n) is 4.37. The van der Waals surface area contributed by atoms with Crippen molar-refractivity contribution in [3.8, 4) is 0 Å². The smallest absolute Gasteiger partial charge is 0.271 e. The summed E-state index contributed by atoms with van der Waals surface area (Å²) < 4.78 is 23.6. The van der Waals surface area contributed by atoms with E-state index in [-0.39, 0.29) is 22.9 Å². The average Bonchev–Trinajstić information content (AvgIpc) is 2.77. The average molecular weight is 454 g/mol. The van der Waals surface area contributed by atoms with Crippen molar-refractivity contribution in [3.05, 3.63) is 93.8 Å². The van der Waals surface area contributed by atoms with Gasteiger partial charge in [-0.25, -0.2) is 8.42 Å². The Morgan fingerprint density at radius 2 is 1.72 bits per heavy atom. The molecule has 0 fully saturated rings. The van der Waals surface area contributed by atoms with E-state index in [2.05, 4.69) is 15.6 Å². The van der Waals surface area contributed by atoms with Gasteiger partial charge in [0.15, 0.2) is 9.84 Å². The molecule has 164 valence electrons. The fourth-order valence-electron chi connectivity index (χ4n) is 2.78. The zero-order valence-corrected chi connectivity index (χ0v) is 17.6. The summed E-state index contributed by atoms with van der Waals surface area (Å²) in [6.07, 6.45) is 3.91. The molecule has 2 N–H and O–H groups in total. The number of nitro benzene ring substituents is 1. The fourth-order valence-corrected chi connectivity index (χ4v) is 3.46. The van der Waals surface area contributed by atoms with Gasteiger partial charge in [0.05, 0.1) is 9.82 Å². The number of sulfone groups is 1. The predicted molar refractivity (Wildman–Crippen MR) is 116 cm³/mol. The minimum absolute atomic E-state index is 0.0503. The van der Waals surface area contributed by atoms with E-state index in [1.54, 1.807) is 36.4 Å². The first-order valence-electron chi connectivity index (χ1n) is 9.21. The Bertz CT molecular complexity index is 1290. The van der Waals surface area contributed by atoms with Crippen LogP contribution in [-0.2, 0) is 16.4 Å². The SMILES string of the molecule is CS(=O)(=O)c1cc(C(=O)NCc2cccc(NC(=O)c3ccncc3)c2)cc([N+](=O)[O-])c1. The summed E-state index contributed by atoms with van der Waals surface area (Å²) in [5.41, 5.74) is 0.944. The summed E-state index contributed by atoms with van der Waals surface area (Å²) in [6.45, 7) is 0.0503. The van der Waals surface area contributed by atoms with E-state index in [4.69, 9.17) is 0 Å². The Morgan fingerprint density at radius 3 is 2.38 bits per heavy atom. The molecule has 0 saturated carbocycles. The van der Waals surface area contributed by atoms with E-state index in [1.165, 1.54) is 12.4 Å². The molecule has 3 aromatic rings. The monoisotopic (exact) mass is 454 g/mol. The van der Waals surface area contributed by atoms with Crippen molar-refractivity contribution in [1.29, 1.82) is 0 Å². The predicted octanol–water partition coefficient (Wildman–Crippen LogP) is 2.58. The first kappa shape index (κ1) is 22.6. The lowest BCUT2D eigenvalue weighted by molar-refractivity contribution is -0.385. The van der Waals surface area contributed by atoms with Gasteiger partial charge < -0.3 is 10.6 Å². The summed E-state index contributed by atoms with van der Waals surface area (Å²) in [5.74, 6) is -0.997. The second-order valence-electron chi connectivity index (χ2n) is 6.82. The van der Waals surface area contributed by atoms with E-state index in [9.17, 15) is 28.1 Å².